The lowest BCUT2D eigenvalue weighted by molar-refractivity contribution is -0.137. The Bertz CT molecular complexity index is 3910. The first kappa shape index (κ1) is 61.8. The summed E-state index contributed by atoms with van der Waals surface area (Å²) in [7, 11) is -10.5. The van der Waals surface area contributed by atoms with Gasteiger partial charge in [0, 0.05) is 16.9 Å². The number of hydrogen-bond acceptors (Lipinski definition) is 12. The SMILES string of the molecule is CCS(=O)(=O)c1ccc(O)c(NC(=O)Nc2ccc(-c3ccccc3)cc2)c1.CCS(=O)(=O)c1ccc(O)c(NC(=O)Nc2cccc(C(F)(F)F)c2)c1.CCS(=O)(=O)c1ccc(O)c(NC(=O)Nc2ccccc2-c2ccccc2)c1. The maximum atomic E-state index is 12.7. The number of carbonyl (C=O) groups excluding carboxylic acids is 3. The molecule has 0 saturated heterocycles. The van der Waals surface area contributed by atoms with Crippen LogP contribution in [0.25, 0.3) is 22.3 Å². The van der Waals surface area contributed by atoms with Crippen molar-refractivity contribution < 1.29 is 68.1 Å². The highest BCUT2D eigenvalue weighted by Gasteiger charge is 2.30. The molecular formula is C58H55F3N6O12S3. The van der Waals surface area contributed by atoms with E-state index in [9.17, 15) is 68.1 Å². The number of hydrogen-bond donors (Lipinski definition) is 9. The lowest BCUT2D eigenvalue weighted by Crippen LogP contribution is -2.20. The van der Waals surface area contributed by atoms with E-state index in [0.29, 0.717) is 11.4 Å². The smallest absolute Gasteiger partial charge is 0.416 e. The lowest BCUT2D eigenvalue weighted by Gasteiger charge is -2.13. The van der Waals surface area contributed by atoms with Gasteiger partial charge >= 0.3 is 24.3 Å². The Hall–Kier alpha value is -9.39. The molecule has 6 amide bonds. The Morgan fingerprint density at radius 1 is 0.378 bits per heavy atom. The number of phenols is 3. The molecule has 428 valence electrons. The Morgan fingerprint density at radius 3 is 1.17 bits per heavy atom. The van der Waals surface area contributed by atoms with Crippen LogP contribution in [0.2, 0.25) is 0 Å². The van der Waals surface area contributed by atoms with Gasteiger partial charge in [-0.3, -0.25) is 0 Å². The summed E-state index contributed by atoms with van der Waals surface area (Å²) < 4.78 is 110. The number of aromatic hydroxyl groups is 3. The van der Waals surface area contributed by atoms with Crippen LogP contribution in [0.15, 0.2) is 203 Å². The molecule has 0 aliphatic rings. The number of halogens is 3. The fourth-order valence-corrected chi connectivity index (χ4v) is 10.1. The highest BCUT2D eigenvalue weighted by atomic mass is 32.2. The van der Waals surface area contributed by atoms with Gasteiger partial charge in [0.15, 0.2) is 29.5 Å². The second-order valence-electron chi connectivity index (χ2n) is 17.4. The summed E-state index contributed by atoms with van der Waals surface area (Å²) in [4.78, 5) is 36.6. The van der Waals surface area contributed by atoms with E-state index in [1.54, 1.807) is 24.3 Å². The first-order valence-electron chi connectivity index (χ1n) is 24.7. The van der Waals surface area contributed by atoms with E-state index in [2.05, 4.69) is 31.9 Å². The van der Waals surface area contributed by atoms with Crippen molar-refractivity contribution in [3.05, 3.63) is 194 Å². The Labute approximate surface area is 471 Å². The zero-order valence-corrected chi connectivity index (χ0v) is 46.3. The number of carbonyl (C=O) groups is 3. The molecule has 82 heavy (non-hydrogen) atoms. The molecule has 8 rings (SSSR count). The summed E-state index contributed by atoms with van der Waals surface area (Å²) in [6, 6.07) is 46.9. The van der Waals surface area contributed by atoms with Gasteiger partial charge in [-0.1, -0.05) is 118 Å². The van der Waals surface area contributed by atoms with E-state index in [1.807, 2.05) is 84.9 Å². The number of benzene rings is 8. The fourth-order valence-electron chi connectivity index (χ4n) is 7.38. The molecule has 0 unspecified atom stereocenters. The van der Waals surface area contributed by atoms with Crippen LogP contribution in [-0.4, -0.2) is 75.9 Å². The third kappa shape index (κ3) is 17.1. The summed E-state index contributed by atoms with van der Waals surface area (Å²) >= 11 is 0. The molecule has 8 aromatic carbocycles. The van der Waals surface area contributed by atoms with Crippen LogP contribution in [0.1, 0.15) is 26.3 Å². The molecule has 24 heteroatoms. The van der Waals surface area contributed by atoms with Crippen LogP contribution in [0.3, 0.4) is 0 Å². The second-order valence-corrected chi connectivity index (χ2v) is 24.3. The number of phenolic OH excluding ortho intramolecular Hbond substituents is 3. The molecule has 18 nitrogen and oxygen atoms in total. The van der Waals surface area contributed by atoms with Gasteiger partial charge in [0.05, 0.1) is 60.3 Å². The maximum absolute atomic E-state index is 12.7. The molecule has 0 heterocycles. The number of urea groups is 3. The first-order valence-corrected chi connectivity index (χ1v) is 29.7. The quantitative estimate of drug-likeness (QED) is 0.0460. The van der Waals surface area contributed by atoms with Gasteiger partial charge in [-0.25, -0.2) is 39.6 Å². The molecule has 0 spiro atoms. The Morgan fingerprint density at radius 2 is 0.744 bits per heavy atom. The standard InChI is InChI=1S/2C21H20N2O4S.C16H15F3N2O4S/c1-2-28(26,27)16-12-13-20(24)19(14-16)23-21(25)22-18-11-7-6-10-17(18)15-8-4-3-5-9-15;1-2-28(26,27)18-12-13-20(24)19(14-18)23-21(25)22-17-10-8-16(9-11-17)15-6-4-3-5-7-15;1-2-26(24,25)12-6-7-14(22)13(9-12)21-15(23)20-11-5-3-4-10(8-11)16(17,18)19/h2*3-14,24H,2H2,1H3,(H2,22,23,25);3-9,22H,2H2,1H3,(H2,20,21,23). The monoisotopic (exact) mass is 1180 g/mol. The van der Waals surface area contributed by atoms with Crippen LogP contribution in [0.5, 0.6) is 17.2 Å². The largest absolute Gasteiger partial charge is 0.506 e. The summed E-state index contributed by atoms with van der Waals surface area (Å²) in [5, 5.41) is 44.4. The zero-order valence-electron chi connectivity index (χ0n) is 43.9. The van der Waals surface area contributed by atoms with Crippen molar-refractivity contribution in [1.82, 2.24) is 0 Å². The first-order chi connectivity index (χ1) is 38.8. The minimum absolute atomic E-state index is 0.0178. The molecule has 0 aliphatic heterocycles. The summed E-state index contributed by atoms with van der Waals surface area (Å²) in [5.74, 6) is -1.15. The van der Waals surface area contributed by atoms with Gasteiger partial charge in [0.25, 0.3) is 0 Å². The molecule has 0 atom stereocenters. The summed E-state index contributed by atoms with van der Waals surface area (Å²) in [6.45, 7) is 4.50. The van der Waals surface area contributed by atoms with Crippen LogP contribution >= 0.6 is 0 Å². The average molecular weight is 1180 g/mol. The molecule has 0 aliphatic carbocycles. The van der Waals surface area contributed by atoms with E-state index in [4.69, 9.17) is 0 Å². The number of para-hydroxylation sites is 1. The third-order valence-corrected chi connectivity index (χ3v) is 17.0. The highest BCUT2D eigenvalue weighted by molar-refractivity contribution is 7.92. The van der Waals surface area contributed by atoms with Crippen molar-refractivity contribution in [3.63, 3.8) is 0 Å². The number of nitrogens with one attached hydrogen (secondary N) is 6. The minimum atomic E-state index is -4.56. The summed E-state index contributed by atoms with van der Waals surface area (Å²) in [5.41, 5.74) is 3.81. The van der Waals surface area contributed by atoms with E-state index < -0.39 is 59.3 Å². The van der Waals surface area contributed by atoms with Gasteiger partial charge in [0.2, 0.25) is 0 Å². The topological polar surface area (TPSA) is 286 Å². The summed E-state index contributed by atoms with van der Waals surface area (Å²) in [6.07, 6.45) is -4.56. The van der Waals surface area contributed by atoms with E-state index in [1.165, 1.54) is 69.3 Å². The lowest BCUT2D eigenvalue weighted by atomic mass is 10.0. The minimum Gasteiger partial charge on any atom is -0.506 e. The molecule has 9 N–H and O–H groups in total. The van der Waals surface area contributed by atoms with Gasteiger partial charge in [0.1, 0.15) is 17.2 Å². The van der Waals surface area contributed by atoms with E-state index in [-0.39, 0.29) is 71.9 Å². The maximum Gasteiger partial charge on any atom is 0.416 e. The van der Waals surface area contributed by atoms with Crippen molar-refractivity contribution in [2.75, 3.05) is 49.2 Å². The van der Waals surface area contributed by atoms with Crippen LogP contribution < -0.4 is 31.9 Å². The third-order valence-electron chi connectivity index (χ3n) is 11.8. The predicted octanol–water partition coefficient (Wildman–Crippen LogP) is 12.8. The number of rotatable bonds is 14. The van der Waals surface area contributed by atoms with Gasteiger partial charge in [-0.05, 0) is 108 Å². The Kier molecular flexibility index (Phi) is 20.5. The fraction of sp³-hybridized carbons (Fsp3) is 0.121. The van der Waals surface area contributed by atoms with E-state index >= 15 is 0 Å². The molecule has 0 fully saturated rings. The number of amides is 6. The van der Waals surface area contributed by atoms with Crippen LogP contribution in [0, 0.1) is 0 Å². The molecule has 0 saturated carbocycles. The van der Waals surface area contributed by atoms with Gasteiger partial charge in [-0.15, -0.1) is 0 Å². The molecule has 0 radical (unpaired) electrons. The van der Waals surface area contributed by atoms with Crippen molar-refractivity contribution in [2.24, 2.45) is 0 Å². The normalized spacial score (nSPS) is 11.3. The van der Waals surface area contributed by atoms with Crippen molar-refractivity contribution >= 4 is 81.7 Å². The molecule has 0 bridgehead atoms. The molecular weight excluding hydrogens is 1130 g/mol. The highest BCUT2D eigenvalue weighted by Crippen LogP contribution is 2.33. The van der Waals surface area contributed by atoms with Crippen LogP contribution in [0.4, 0.5) is 61.7 Å². The zero-order chi connectivity index (χ0) is 59.8. The molecule has 0 aromatic heterocycles. The van der Waals surface area contributed by atoms with Crippen molar-refractivity contribution in [1.29, 1.82) is 0 Å². The second kappa shape index (κ2) is 27.2. The predicted molar refractivity (Wildman–Crippen MR) is 311 cm³/mol. The molecule has 8 aromatic rings. The van der Waals surface area contributed by atoms with Crippen molar-refractivity contribution in [3.8, 4) is 39.5 Å². The van der Waals surface area contributed by atoms with Crippen LogP contribution in [-0.2, 0) is 35.7 Å². The average Bonchev–Trinajstić information content (AvgIpc) is 3.47. The number of sulfone groups is 3. The van der Waals surface area contributed by atoms with Gasteiger partial charge in [-0.2, -0.15) is 13.2 Å². The number of alkyl halides is 3. The van der Waals surface area contributed by atoms with E-state index in [0.717, 1.165) is 52.6 Å². The number of anilines is 6. The Balaban J connectivity index is 0.000000198. The van der Waals surface area contributed by atoms with Gasteiger partial charge < -0.3 is 47.2 Å². The van der Waals surface area contributed by atoms with Crippen molar-refractivity contribution in [2.45, 2.75) is 41.6 Å².